The third-order valence-corrected chi connectivity index (χ3v) is 6.37. The van der Waals surface area contributed by atoms with Gasteiger partial charge in [0, 0.05) is 5.02 Å². The number of amides is 2. The molecule has 2 amide bonds. The summed E-state index contributed by atoms with van der Waals surface area (Å²) < 4.78 is 11.8. The van der Waals surface area contributed by atoms with Crippen LogP contribution >= 0.6 is 23.4 Å². The van der Waals surface area contributed by atoms with Crippen molar-refractivity contribution in [2.45, 2.75) is 27.0 Å². The van der Waals surface area contributed by atoms with Gasteiger partial charge < -0.3 is 9.47 Å². The summed E-state index contributed by atoms with van der Waals surface area (Å²) >= 11 is 6.85. The zero-order chi connectivity index (χ0) is 24.1. The van der Waals surface area contributed by atoms with E-state index in [9.17, 15) is 9.59 Å². The highest BCUT2D eigenvalue weighted by Gasteiger charge is 2.35. The van der Waals surface area contributed by atoms with Crippen LogP contribution in [-0.4, -0.2) is 22.7 Å². The van der Waals surface area contributed by atoms with E-state index in [0.29, 0.717) is 34.6 Å². The topological polar surface area (TPSA) is 55.8 Å². The number of imide groups is 1. The minimum absolute atomic E-state index is 0.204. The van der Waals surface area contributed by atoms with Crippen LogP contribution in [0.3, 0.4) is 0 Å². The molecule has 174 valence electrons. The summed E-state index contributed by atoms with van der Waals surface area (Å²) in [6.07, 6.45) is 1.71. The molecule has 0 bridgehead atoms. The standard InChI is InChI=1S/C27H24ClNO4S/c1-3-32-24-14-21(10-13-23(24)33-17-20-6-4-18(2)5-7-20)15-25-26(30)29(27(31)34-25)16-19-8-11-22(28)12-9-19/h4-15H,3,16-17H2,1-2H3. The van der Waals surface area contributed by atoms with Gasteiger partial charge in [0.15, 0.2) is 11.5 Å². The number of carbonyl (C=O) groups is 2. The van der Waals surface area contributed by atoms with Crippen molar-refractivity contribution in [3.05, 3.63) is 98.9 Å². The maximum Gasteiger partial charge on any atom is 0.293 e. The van der Waals surface area contributed by atoms with Gasteiger partial charge in [-0.05, 0) is 72.6 Å². The number of rotatable bonds is 8. The monoisotopic (exact) mass is 493 g/mol. The number of carbonyl (C=O) groups excluding carboxylic acids is 2. The molecule has 1 heterocycles. The molecular weight excluding hydrogens is 470 g/mol. The van der Waals surface area contributed by atoms with Gasteiger partial charge in [0.05, 0.1) is 18.1 Å². The fourth-order valence-corrected chi connectivity index (χ4v) is 4.37. The Labute approximate surface area is 208 Å². The summed E-state index contributed by atoms with van der Waals surface area (Å²) in [5.74, 6) is 0.891. The molecule has 34 heavy (non-hydrogen) atoms. The van der Waals surface area contributed by atoms with Gasteiger partial charge >= 0.3 is 0 Å². The maximum atomic E-state index is 12.9. The molecule has 0 aliphatic carbocycles. The van der Waals surface area contributed by atoms with Crippen LogP contribution in [-0.2, 0) is 17.9 Å². The predicted octanol–water partition coefficient (Wildman–Crippen LogP) is 6.86. The molecular formula is C27H24ClNO4S. The molecule has 3 aromatic carbocycles. The van der Waals surface area contributed by atoms with Crippen molar-refractivity contribution in [2.24, 2.45) is 0 Å². The lowest BCUT2D eigenvalue weighted by atomic mass is 10.1. The first-order valence-electron chi connectivity index (χ1n) is 10.9. The second-order valence-electron chi connectivity index (χ2n) is 7.81. The quantitative estimate of drug-likeness (QED) is 0.321. The summed E-state index contributed by atoms with van der Waals surface area (Å²) in [7, 11) is 0. The van der Waals surface area contributed by atoms with E-state index in [1.54, 1.807) is 30.3 Å². The van der Waals surface area contributed by atoms with Gasteiger partial charge in [-0.3, -0.25) is 14.5 Å². The maximum absolute atomic E-state index is 12.9. The Hall–Kier alpha value is -3.22. The van der Waals surface area contributed by atoms with Gasteiger partial charge in [0.2, 0.25) is 0 Å². The number of ether oxygens (including phenoxy) is 2. The first-order chi connectivity index (χ1) is 16.4. The van der Waals surface area contributed by atoms with Crippen LogP contribution in [0.25, 0.3) is 6.08 Å². The van der Waals surface area contributed by atoms with E-state index in [-0.39, 0.29) is 17.7 Å². The highest BCUT2D eigenvalue weighted by molar-refractivity contribution is 8.18. The molecule has 1 aliphatic heterocycles. The lowest BCUT2D eigenvalue weighted by molar-refractivity contribution is -0.123. The van der Waals surface area contributed by atoms with Crippen LogP contribution in [0.1, 0.15) is 29.2 Å². The summed E-state index contributed by atoms with van der Waals surface area (Å²) in [6.45, 7) is 5.04. The zero-order valence-electron chi connectivity index (χ0n) is 18.9. The van der Waals surface area contributed by atoms with E-state index in [0.717, 1.165) is 28.5 Å². The molecule has 0 spiro atoms. The SMILES string of the molecule is CCOc1cc(C=C2SC(=O)N(Cc3ccc(Cl)cc3)C2=O)ccc1OCc1ccc(C)cc1. The van der Waals surface area contributed by atoms with Crippen LogP contribution in [0.2, 0.25) is 5.02 Å². The van der Waals surface area contributed by atoms with E-state index in [4.69, 9.17) is 21.1 Å². The summed E-state index contributed by atoms with van der Waals surface area (Å²) in [5.41, 5.74) is 3.84. The molecule has 0 saturated carbocycles. The van der Waals surface area contributed by atoms with Crippen molar-refractivity contribution < 1.29 is 19.1 Å². The Morgan fingerprint density at radius 3 is 2.32 bits per heavy atom. The molecule has 0 N–H and O–H groups in total. The van der Waals surface area contributed by atoms with Gasteiger partial charge in [-0.15, -0.1) is 0 Å². The smallest absolute Gasteiger partial charge is 0.293 e. The van der Waals surface area contributed by atoms with Gasteiger partial charge in [-0.25, -0.2) is 0 Å². The molecule has 3 aromatic rings. The molecule has 0 unspecified atom stereocenters. The van der Waals surface area contributed by atoms with E-state index in [2.05, 4.69) is 0 Å². The fourth-order valence-electron chi connectivity index (χ4n) is 3.41. The first kappa shape index (κ1) is 23.9. The minimum atomic E-state index is -0.317. The molecule has 1 saturated heterocycles. The van der Waals surface area contributed by atoms with Crippen molar-refractivity contribution in [1.82, 2.24) is 4.90 Å². The molecule has 0 atom stereocenters. The van der Waals surface area contributed by atoms with E-state index in [1.807, 2.05) is 56.3 Å². The van der Waals surface area contributed by atoms with E-state index < -0.39 is 0 Å². The third kappa shape index (κ3) is 5.82. The van der Waals surface area contributed by atoms with Crippen molar-refractivity contribution in [3.8, 4) is 11.5 Å². The van der Waals surface area contributed by atoms with Crippen molar-refractivity contribution >= 4 is 40.6 Å². The number of benzene rings is 3. The Morgan fingerprint density at radius 2 is 1.62 bits per heavy atom. The lowest BCUT2D eigenvalue weighted by Crippen LogP contribution is -2.27. The van der Waals surface area contributed by atoms with Crippen LogP contribution < -0.4 is 9.47 Å². The van der Waals surface area contributed by atoms with Gasteiger partial charge in [0.25, 0.3) is 11.1 Å². The molecule has 7 heteroatoms. The molecule has 0 radical (unpaired) electrons. The van der Waals surface area contributed by atoms with Gasteiger partial charge in [0.1, 0.15) is 6.61 Å². The number of aryl methyl sites for hydroxylation is 1. The van der Waals surface area contributed by atoms with Crippen molar-refractivity contribution in [2.75, 3.05) is 6.61 Å². The molecule has 5 nitrogen and oxygen atoms in total. The largest absolute Gasteiger partial charge is 0.490 e. The zero-order valence-corrected chi connectivity index (χ0v) is 20.5. The van der Waals surface area contributed by atoms with Gasteiger partial charge in [-0.2, -0.15) is 0 Å². The predicted molar refractivity (Wildman–Crippen MR) is 136 cm³/mol. The minimum Gasteiger partial charge on any atom is -0.490 e. The Morgan fingerprint density at radius 1 is 0.912 bits per heavy atom. The van der Waals surface area contributed by atoms with Crippen molar-refractivity contribution in [3.63, 3.8) is 0 Å². The summed E-state index contributed by atoms with van der Waals surface area (Å²) in [6, 6.07) is 20.7. The van der Waals surface area contributed by atoms with Crippen LogP contribution in [0.4, 0.5) is 4.79 Å². The molecule has 1 aliphatic rings. The molecule has 1 fully saturated rings. The number of halogens is 1. The molecule has 4 rings (SSSR count). The normalized spacial score (nSPS) is 14.7. The lowest BCUT2D eigenvalue weighted by Gasteiger charge is -2.13. The van der Waals surface area contributed by atoms with Crippen LogP contribution in [0, 0.1) is 6.92 Å². The number of thioether (sulfide) groups is 1. The fraction of sp³-hybridized carbons (Fsp3) is 0.185. The highest BCUT2D eigenvalue weighted by Crippen LogP contribution is 2.35. The third-order valence-electron chi connectivity index (χ3n) is 5.21. The Kier molecular flexibility index (Phi) is 7.60. The van der Waals surface area contributed by atoms with Crippen molar-refractivity contribution in [1.29, 1.82) is 0 Å². The number of hydrogen-bond donors (Lipinski definition) is 0. The Balaban J connectivity index is 1.49. The number of nitrogens with zero attached hydrogens (tertiary/aromatic N) is 1. The highest BCUT2D eigenvalue weighted by atomic mass is 35.5. The van der Waals surface area contributed by atoms with E-state index in [1.165, 1.54) is 10.5 Å². The first-order valence-corrected chi connectivity index (χ1v) is 12.1. The average Bonchev–Trinajstić information content (AvgIpc) is 3.08. The van der Waals surface area contributed by atoms with E-state index >= 15 is 0 Å². The summed E-state index contributed by atoms with van der Waals surface area (Å²) in [4.78, 5) is 27.0. The Bertz CT molecular complexity index is 1220. The molecule has 0 aromatic heterocycles. The second kappa shape index (κ2) is 10.8. The van der Waals surface area contributed by atoms with Crippen LogP contribution in [0.15, 0.2) is 71.6 Å². The van der Waals surface area contributed by atoms with Gasteiger partial charge in [-0.1, -0.05) is 59.6 Å². The summed E-state index contributed by atoms with van der Waals surface area (Å²) in [5, 5.41) is 0.309. The van der Waals surface area contributed by atoms with Crippen LogP contribution in [0.5, 0.6) is 11.5 Å². The number of hydrogen-bond acceptors (Lipinski definition) is 5. The average molecular weight is 494 g/mol. The second-order valence-corrected chi connectivity index (χ2v) is 9.24.